The molecule has 0 N–H and O–H groups in total. The molecule has 206 valence electrons. The lowest BCUT2D eigenvalue weighted by Crippen LogP contribution is -2.50. The number of aromatic nitrogens is 4. The number of benzene rings is 2. The molecular formula is C27H29FN4O6S. The van der Waals surface area contributed by atoms with Gasteiger partial charge in [0.1, 0.15) is 18.3 Å². The van der Waals surface area contributed by atoms with Crippen molar-refractivity contribution in [3.8, 4) is 5.88 Å². The number of nitrogens with zero attached hydrogens (tertiary/aromatic N) is 4. The molecule has 0 radical (unpaired) electrons. The van der Waals surface area contributed by atoms with Gasteiger partial charge >= 0.3 is 0 Å². The lowest BCUT2D eigenvalue weighted by Gasteiger charge is -2.38. The molecule has 12 heteroatoms. The minimum absolute atomic E-state index is 0.0219. The molecule has 3 heterocycles. The first-order valence-corrected chi connectivity index (χ1v) is 14.4. The van der Waals surface area contributed by atoms with Gasteiger partial charge in [0.25, 0.3) is 11.0 Å². The van der Waals surface area contributed by atoms with E-state index in [9.17, 15) is 8.42 Å². The molecule has 4 aromatic rings. The molecule has 1 aliphatic rings. The third-order valence-electron chi connectivity index (χ3n) is 6.24. The third kappa shape index (κ3) is 6.09. The Labute approximate surface area is 225 Å². The molecule has 1 saturated heterocycles. The van der Waals surface area contributed by atoms with E-state index in [0.29, 0.717) is 0 Å². The highest BCUT2D eigenvalue weighted by Crippen LogP contribution is 2.35. The Kier molecular flexibility index (Phi) is 8.17. The van der Waals surface area contributed by atoms with E-state index in [1.807, 2.05) is 60.7 Å². The van der Waals surface area contributed by atoms with Gasteiger partial charge in [-0.3, -0.25) is 0 Å². The molecule has 39 heavy (non-hydrogen) atoms. The number of hydrogen-bond donors (Lipinski definition) is 0. The van der Waals surface area contributed by atoms with E-state index in [2.05, 4.69) is 15.1 Å². The second-order valence-corrected chi connectivity index (χ2v) is 11.0. The van der Waals surface area contributed by atoms with Crippen LogP contribution >= 0.6 is 0 Å². The largest absolute Gasteiger partial charge is 0.475 e. The number of hydrogen-bond acceptors (Lipinski definition) is 9. The summed E-state index contributed by atoms with van der Waals surface area (Å²) >= 11 is 0. The van der Waals surface area contributed by atoms with Gasteiger partial charge in [-0.15, -0.1) is 5.10 Å². The van der Waals surface area contributed by atoms with Gasteiger partial charge in [0, 0.05) is 6.26 Å². The second-order valence-electron chi connectivity index (χ2n) is 9.12. The molecule has 0 spiro atoms. The summed E-state index contributed by atoms with van der Waals surface area (Å²) in [5.74, 6) is -0.0219. The minimum Gasteiger partial charge on any atom is -0.475 e. The van der Waals surface area contributed by atoms with Crippen molar-refractivity contribution < 1.29 is 31.8 Å². The summed E-state index contributed by atoms with van der Waals surface area (Å²) in [6.07, 6.45) is -2.16. The van der Waals surface area contributed by atoms with Crippen molar-refractivity contribution in [1.82, 2.24) is 19.6 Å². The van der Waals surface area contributed by atoms with E-state index in [1.54, 1.807) is 6.92 Å². The fourth-order valence-electron chi connectivity index (χ4n) is 4.34. The summed E-state index contributed by atoms with van der Waals surface area (Å²) in [5, 5.41) is 3.66. The van der Waals surface area contributed by atoms with Gasteiger partial charge < -0.3 is 18.9 Å². The van der Waals surface area contributed by atoms with Crippen LogP contribution in [-0.4, -0.2) is 65.8 Å². The zero-order valence-electron chi connectivity index (χ0n) is 21.5. The summed E-state index contributed by atoms with van der Waals surface area (Å²) in [4.78, 5) is 8.28. The first-order valence-electron chi connectivity index (χ1n) is 12.5. The Bertz CT molecular complexity index is 1500. The van der Waals surface area contributed by atoms with Crippen molar-refractivity contribution >= 4 is 15.5 Å². The molecule has 2 aromatic heterocycles. The van der Waals surface area contributed by atoms with E-state index >= 15 is 4.39 Å². The average molecular weight is 557 g/mol. The molecule has 4 atom stereocenters. The molecule has 2 aromatic carbocycles. The van der Waals surface area contributed by atoms with Crippen LogP contribution < -0.4 is 4.74 Å². The van der Waals surface area contributed by atoms with Crippen LogP contribution in [0.25, 0.3) is 5.65 Å². The molecule has 1 unspecified atom stereocenters. The van der Waals surface area contributed by atoms with E-state index in [0.717, 1.165) is 17.4 Å². The van der Waals surface area contributed by atoms with Gasteiger partial charge in [-0.05, 0) is 18.1 Å². The van der Waals surface area contributed by atoms with Gasteiger partial charge in [0.2, 0.25) is 15.5 Å². The summed E-state index contributed by atoms with van der Waals surface area (Å²) in [5.41, 5.74) is 2.18. The number of rotatable bonds is 10. The maximum atomic E-state index is 16.3. The van der Waals surface area contributed by atoms with E-state index in [4.69, 9.17) is 18.9 Å². The van der Waals surface area contributed by atoms with Crippen molar-refractivity contribution in [2.24, 2.45) is 0 Å². The molecule has 0 aliphatic carbocycles. The first kappa shape index (κ1) is 27.1. The third-order valence-corrected chi connectivity index (χ3v) is 7.08. The minimum atomic E-state index is -3.80. The molecule has 5 rings (SSSR count). The van der Waals surface area contributed by atoms with Crippen molar-refractivity contribution in [3.63, 3.8) is 0 Å². The van der Waals surface area contributed by atoms with Crippen LogP contribution in [0, 0.1) is 0 Å². The topological polar surface area (TPSA) is 114 Å². The van der Waals surface area contributed by atoms with Gasteiger partial charge in [0.15, 0.2) is 6.17 Å². The molecule has 0 saturated carbocycles. The second kappa shape index (κ2) is 11.7. The number of sulfone groups is 1. The maximum absolute atomic E-state index is 16.3. The monoisotopic (exact) mass is 556 g/mol. The van der Waals surface area contributed by atoms with Crippen molar-refractivity contribution in [1.29, 1.82) is 0 Å². The number of alkyl halides is 1. The SMILES string of the molecule is CCOc1nc(S(C)(=O)=O)nn2c([C@@H]3OCC(OCc4ccccc4)[C@@H](OCc4ccccc4)[C@H]3F)cnc12. The highest BCUT2D eigenvalue weighted by atomic mass is 32.2. The van der Waals surface area contributed by atoms with E-state index in [1.165, 1.54) is 10.7 Å². The van der Waals surface area contributed by atoms with Gasteiger partial charge in [-0.25, -0.2) is 22.3 Å². The van der Waals surface area contributed by atoms with Crippen LogP contribution in [-0.2, 0) is 37.3 Å². The van der Waals surface area contributed by atoms with Crippen LogP contribution in [0.3, 0.4) is 0 Å². The molecule has 0 bridgehead atoms. The van der Waals surface area contributed by atoms with E-state index in [-0.39, 0.29) is 43.6 Å². The molecular weight excluding hydrogens is 527 g/mol. The van der Waals surface area contributed by atoms with Gasteiger partial charge in [-0.2, -0.15) is 4.98 Å². The van der Waals surface area contributed by atoms with E-state index < -0.39 is 39.5 Å². The Balaban J connectivity index is 1.45. The van der Waals surface area contributed by atoms with Gasteiger partial charge in [0.05, 0.1) is 38.3 Å². The highest BCUT2D eigenvalue weighted by Gasteiger charge is 2.45. The highest BCUT2D eigenvalue weighted by molar-refractivity contribution is 7.90. The zero-order chi connectivity index (χ0) is 27.4. The summed E-state index contributed by atoms with van der Waals surface area (Å²) < 4.78 is 65.7. The number of imidazole rings is 1. The fourth-order valence-corrected chi connectivity index (χ4v) is 4.82. The lowest BCUT2D eigenvalue weighted by atomic mass is 9.98. The van der Waals surface area contributed by atoms with Crippen LogP contribution in [0.2, 0.25) is 0 Å². The Morgan fingerprint density at radius 3 is 2.28 bits per heavy atom. The quantitative estimate of drug-likeness (QED) is 0.289. The summed E-state index contributed by atoms with van der Waals surface area (Å²) in [6, 6.07) is 19.0. The molecule has 10 nitrogen and oxygen atoms in total. The van der Waals surface area contributed by atoms with Crippen LogP contribution in [0.15, 0.2) is 72.0 Å². The Morgan fingerprint density at radius 1 is 1.03 bits per heavy atom. The molecule has 1 aliphatic heterocycles. The molecule has 1 fully saturated rings. The van der Waals surface area contributed by atoms with Crippen LogP contribution in [0.1, 0.15) is 29.8 Å². The maximum Gasteiger partial charge on any atom is 0.268 e. The fraction of sp³-hybridized carbons (Fsp3) is 0.370. The van der Waals surface area contributed by atoms with Crippen molar-refractivity contribution in [2.75, 3.05) is 19.5 Å². The van der Waals surface area contributed by atoms with Crippen LogP contribution in [0.4, 0.5) is 4.39 Å². The Morgan fingerprint density at radius 2 is 1.67 bits per heavy atom. The normalized spacial score (nSPS) is 21.7. The summed E-state index contributed by atoms with van der Waals surface area (Å²) in [6.45, 7) is 2.42. The predicted octanol–water partition coefficient (Wildman–Crippen LogP) is 3.51. The van der Waals surface area contributed by atoms with Crippen LogP contribution in [0.5, 0.6) is 5.88 Å². The molecule has 0 amide bonds. The lowest BCUT2D eigenvalue weighted by molar-refractivity contribution is -0.207. The Hall–Kier alpha value is -3.45. The van der Waals surface area contributed by atoms with Crippen molar-refractivity contribution in [2.45, 2.75) is 49.8 Å². The zero-order valence-corrected chi connectivity index (χ0v) is 22.3. The smallest absolute Gasteiger partial charge is 0.268 e. The van der Waals surface area contributed by atoms with Gasteiger partial charge in [-0.1, -0.05) is 60.7 Å². The summed E-state index contributed by atoms with van der Waals surface area (Å²) in [7, 11) is -3.80. The number of fused-ring (bicyclic) bond motifs is 1. The predicted molar refractivity (Wildman–Crippen MR) is 139 cm³/mol. The number of ether oxygens (including phenoxy) is 4. The number of halogens is 1. The van der Waals surface area contributed by atoms with Crippen molar-refractivity contribution in [3.05, 3.63) is 83.7 Å². The standard InChI is InChI=1S/C27H29FN4O6S/c1-3-35-26-25-29-14-20(32(25)31-27(30-26)39(2,33)34)23-22(28)24(37-16-19-12-8-5-9-13-19)21(17-38-23)36-15-18-10-6-4-7-11-18/h4-14,21-24H,3,15-17H2,1-2H3/t21?,22-,23-,24+/m0/s1. The first-order chi connectivity index (χ1) is 18.8. The average Bonchev–Trinajstić information content (AvgIpc) is 3.36.